The van der Waals surface area contributed by atoms with Crippen molar-refractivity contribution in [3.05, 3.63) is 24.9 Å². The van der Waals surface area contributed by atoms with E-state index in [1.54, 1.807) is 19.5 Å². The highest BCUT2D eigenvalue weighted by molar-refractivity contribution is 5.97. The third-order valence-corrected chi connectivity index (χ3v) is 5.45. The zero-order chi connectivity index (χ0) is 18.6. The Bertz CT molecular complexity index is 968. The van der Waals surface area contributed by atoms with Crippen molar-refractivity contribution in [1.82, 2.24) is 24.7 Å². The molecule has 27 heavy (non-hydrogen) atoms. The quantitative estimate of drug-likeness (QED) is 0.593. The van der Waals surface area contributed by atoms with Crippen LogP contribution < -0.4 is 4.74 Å². The van der Waals surface area contributed by atoms with E-state index in [-0.39, 0.29) is 6.61 Å². The average Bonchev–Trinajstić information content (AvgIpc) is 3.35. The highest BCUT2D eigenvalue weighted by Crippen LogP contribution is 2.50. The molecule has 2 aliphatic rings. The molecule has 2 saturated heterocycles. The van der Waals surface area contributed by atoms with Gasteiger partial charge in [-0.1, -0.05) is 0 Å². The van der Waals surface area contributed by atoms with E-state index < -0.39 is 24.0 Å². The number of nitrogens with one attached hydrogen (secondary N) is 1. The average molecular weight is 373 g/mol. The first-order valence-corrected chi connectivity index (χ1v) is 8.66. The van der Waals surface area contributed by atoms with Crippen molar-refractivity contribution in [1.29, 1.82) is 0 Å². The normalized spacial score (nSPS) is 30.1. The minimum absolute atomic E-state index is 0.297. The third-order valence-electron chi connectivity index (χ3n) is 5.45. The molecule has 5 heterocycles. The molecule has 0 unspecified atom stereocenters. The fourth-order valence-electron chi connectivity index (χ4n) is 4.03. The summed E-state index contributed by atoms with van der Waals surface area (Å²) < 4.78 is 19.0. The number of rotatable bonds is 4. The summed E-state index contributed by atoms with van der Waals surface area (Å²) in [5.41, 5.74) is 1.33. The van der Waals surface area contributed by atoms with Crippen LogP contribution in [0.4, 0.5) is 0 Å². The largest absolute Gasteiger partial charge is 0.480 e. The van der Waals surface area contributed by atoms with Gasteiger partial charge in [0.2, 0.25) is 5.88 Å². The molecule has 10 nitrogen and oxygen atoms in total. The van der Waals surface area contributed by atoms with Crippen molar-refractivity contribution >= 4 is 11.0 Å². The lowest BCUT2D eigenvalue weighted by Crippen LogP contribution is -2.56. The number of aromatic nitrogens is 5. The summed E-state index contributed by atoms with van der Waals surface area (Å²) in [5.74, 6) is 0.427. The van der Waals surface area contributed by atoms with E-state index >= 15 is 0 Å². The highest BCUT2D eigenvalue weighted by Gasteiger charge is 2.61. The summed E-state index contributed by atoms with van der Waals surface area (Å²) in [6.07, 6.45) is 5.07. The Kier molecular flexibility index (Phi) is 3.69. The van der Waals surface area contributed by atoms with Gasteiger partial charge in [-0.3, -0.25) is 5.10 Å². The highest BCUT2D eigenvalue weighted by atomic mass is 16.6. The topological polar surface area (TPSA) is 128 Å². The van der Waals surface area contributed by atoms with Crippen LogP contribution in [0.5, 0.6) is 5.88 Å². The van der Waals surface area contributed by atoms with Crippen molar-refractivity contribution in [2.24, 2.45) is 0 Å². The van der Waals surface area contributed by atoms with Crippen LogP contribution >= 0.6 is 0 Å². The number of aliphatic hydroxyl groups is 2. The van der Waals surface area contributed by atoms with Gasteiger partial charge in [0.15, 0.2) is 6.23 Å². The number of ether oxygens (including phenoxy) is 3. The number of H-pyrrole nitrogens is 1. The Morgan fingerprint density at radius 1 is 1.44 bits per heavy atom. The maximum absolute atomic E-state index is 10.7. The van der Waals surface area contributed by atoms with E-state index in [2.05, 4.69) is 20.2 Å². The van der Waals surface area contributed by atoms with Crippen LogP contribution in [0, 0.1) is 0 Å². The number of nitrogens with zero attached hydrogens (tertiary/aromatic N) is 4. The van der Waals surface area contributed by atoms with Crippen molar-refractivity contribution in [2.45, 2.75) is 30.5 Å². The molecule has 0 bridgehead atoms. The molecular weight excluding hydrogens is 354 g/mol. The van der Waals surface area contributed by atoms with Crippen LogP contribution in [0.15, 0.2) is 24.9 Å². The van der Waals surface area contributed by atoms with Gasteiger partial charge < -0.3 is 29.0 Å². The van der Waals surface area contributed by atoms with E-state index in [1.807, 2.05) is 10.8 Å². The minimum Gasteiger partial charge on any atom is -0.480 e. The minimum atomic E-state index is -0.931. The van der Waals surface area contributed by atoms with Gasteiger partial charge in [0.25, 0.3) is 0 Å². The fourth-order valence-corrected chi connectivity index (χ4v) is 4.03. The van der Waals surface area contributed by atoms with E-state index in [4.69, 9.17) is 14.2 Å². The Morgan fingerprint density at radius 3 is 2.93 bits per heavy atom. The van der Waals surface area contributed by atoms with Gasteiger partial charge in [-0.05, 0) is 0 Å². The first kappa shape index (κ1) is 16.6. The number of aromatic amines is 1. The van der Waals surface area contributed by atoms with Crippen LogP contribution in [0.25, 0.3) is 22.2 Å². The second kappa shape index (κ2) is 5.99. The van der Waals surface area contributed by atoms with Crippen LogP contribution in [-0.4, -0.2) is 73.1 Å². The lowest BCUT2D eigenvalue weighted by atomic mass is 9.86. The fraction of sp³-hybridized carbons (Fsp3) is 0.471. The number of methoxy groups -OCH3 is 1. The van der Waals surface area contributed by atoms with Crippen molar-refractivity contribution in [3.63, 3.8) is 0 Å². The van der Waals surface area contributed by atoms with Crippen molar-refractivity contribution < 1.29 is 24.4 Å². The zero-order valence-corrected chi connectivity index (χ0v) is 14.6. The number of hydrogen-bond donors (Lipinski definition) is 3. The standard InChI is InChI=1S/C17H19N5O5/c1-25-15-12-10(9-4-20-21-5-9)6-22(14(12)18-8-19-15)16-17(2-3-26-17)13(24)11(7-23)27-16/h4-6,8,11,13,16,23-24H,2-3,7H2,1H3,(H,20,21)/t11-,13-,16-,17-/m1/s1. The molecule has 0 amide bonds. The summed E-state index contributed by atoms with van der Waals surface area (Å²) >= 11 is 0. The Morgan fingerprint density at radius 2 is 2.30 bits per heavy atom. The van der Waals surface area contributed by atoms with Gasteiger partial charge in [-0.2, -0.15) is 5.10 Å². The smallest absolute Gasteiger partial charge is 0.226 e. The van der Waals surface area contributed by atoms with Crippen LogP contribution in [0.3, 0.4) is 0 Å². The van der Waals surface area contributed by atoms with E-state index in [9.17, 15) is 10.2 Å². The Balaban J connectivity index is 1.73. The predicted molar refractivity (Wildman–Crippen MR) is 92.0 cm³/mol. The molecule has 4 atom stereocenters. The first-order valence-electron chi connectivity index (χ1n) is 8.66. The van der Waals surface area contributed by atoms with Crippen molar-refractivity contribution in [3.8, 4) is 17.0 Å². The van der Waals surface area contributed by atoms with E-state index in [1.165, 1.54) is 6.33 Å². The molecule has 0 radical (unpaired) electrons. The first-order chi connectivity index (χ1) is 13.2. The summed E-state index contributed by atoms with van der Waals surface area (Å²) in [6, 6.07) is 0. The molecule has 3 aromatic rings. The van der Waals surface area contributed by atoms with Crippen LogP contribution in [-0.2, 0) is 9.47 Å². The lowest BCUT2D eigenvalue weighted by molar-refractivity contribution is -0.225. The van der Waals surface area contributed by atoms with Gasteiger partial charge >= 0.3 is 0 Å². The molecule has 3 N–H and O–H groups in total. The second-order valence-corrected chi connectivity index (χ2v) is 6.73. The number of aliphatic hydroxyl groups excluding tert-OH is 2. The molecule has 3 aromatic heterocycles. The molecule has 0 aromatic carbocycles. The van der Waals surface area contributed by atoms with Gasteiger partial charge in [-0.25, -0.2) is 9.97 Å². The maximum atomic E-state index is 10.7. The van der Waals surface area contributed by atoms with Gasteiger partial charge in [0, 0.05) is 29.9 Å². The SMILES string of the molecule is COc1ncnc2c1c(-c1cn[nH]c1)cn2[C@@H]1O[C@H](CO)[C@@H](O)[C@]12CCO2. The lowest BCUT2D eigenvalue weighted by Gasteiger charge is -2.44. The summed E-state index contributed by atoms with van der Waals surface area (Å²) in [5, 5.41) is 27.8. The molecule has 2 fully saturated rings. The predicted octanol–water partition coefficient (Wildman–Crippen LogP) is 0.240. The third kappa shape index (κ3) is 2.18. The second-order valence-electron chi connectivity index (χ2n) is 6.73. The molecule has 2 aliphatic heterocycles. The number of fused-ring (bicyclic) bond motifs is 1. The van der Waals surface area contributed by atoms with Crippen LogP contribution in [0.1, 0.15) is 12.6 Å². The van der Waals surface area contributed by atoms with Crippen molar-refractivity contribution in [2.75, 3.05) is 20.3 Å². The Hall–Kier alpha value is -2.53. The number of hydrogen-bond acceptors (Lipinski definition) is 8. The summed E-state index contributed by atoms with van der Waals surface area (Å²) in [4.78, 5) is 8.64. The van der Waals surface area contributed by atoms with Gasteiger partial charge in [0.05, 0.1) is 31.9 Å². The summed E-state index contributed by atoms with van der Waals surface area (Å²) in [6.45, 7) is 0.232. The molecule has 0 aliphatic carbocycles. The van der Waals surface area contributed by atoms with Crippen LogP contribution in [0.2, 0.25) is 0 Å². The monoisotopic (exact) mass is 373 g/mol. The Labute approximate surface area is 153 Å². The van der Waals surface area contributed by atoms with Gasteiger partial charge in [-0.15, -0.1) is 0 Å². The zero-order valence-electron chi connectivity index (χ0n) is 14.6. The molecule has 142 valence electrons. The molecular formula is C17H19N5O5. The molecule has 0 saturated carbocycles. The maximum Gasteiger partial charge on any atom is 0.226 e. The molecule has 5 rings (SSSR count). The molecule has 1 spiro atoms. The van der Waals surface area contributed by atoms with Gasteiger partial charge in [0.1, 0.15) is 29.8 Å². The molecule has 10 heteroatoms. The summed E-state index contributed by atoms with van der Waals surface area (Å²) in [7, 11) is 1.55. The van der Waals surface area contributed by atoms with E-state index in [0.717, 1.165) is 11.1 Å². The van der Waals surface area contributed by atoms with E-state index in [0.29, 0.717) is 29.9 Å².